The average Bonchev–Trinajstić information content (AvgIpc) is 3.57. The van der Waals surface area contributed by atoms with Crippen molar-refractivity contribution in [2.45, 2.75) is 25.1 Å². The summed E-state index contributed by atoms with van der Waals surface area (Å²) in [6.07, 6.45) is 3.97. The van der Waals surface area contributed by atoms with Gasteiger partial charge >= 0.3 is 0 Å². The highest BCUT2D eigenvalue weighted by Crippen LogP contribution is 2.33. The number of hydrogen-bond acceptors (Lipinski definition) is 8. The molecule has 0 spiro atoms. The van der Waals surface area contributed by atoms with Crippen LogP contribution < -0.4 is 5.32 Å². The number of hydrogen-bond donors (Lipinski definition) is 3. The van der Waals surface area contributed by atoms with E-state index in [9.17, 15) is 19.0 Å². The van der Waals surface area contributed by atoms with Crippen LogP contribution in [-0.4, -0.2) is 74.4 Å². The van der Waals surface area contributed by atoms with Gasteiger partial charge in [0, 0.05) is 23.9 Å². The van der Waals surface area contributed by atoms with Crippen molar-refractivity contribution in [2.75, 3.05) is 18.5 Å². The van der Waals surface area contributed by atoms with E-state index in [-0.39, 0.29) is 30.4 Å². The molecule has 0 saturated carbocycles. The minimum absolute atomic E-state index is 0.0242. The van der Waals surface area contributed by atoms with Gasteiger partial charge < -0.3 is 20.4 Å². The summed E-state index contributed by atoms with van der Waals surface area (Å²) in [5.41, 5.74) is -0.790. The quantitative estimate of drug-likeness (QED) is 0.282. The number of nitrogens with one attached hydrogen (secondary N) is 1. The van der Waals surface area contributed by atoms with Crippen molar-refractivity contribution < 1.29 is 19.0 Å². The first kappa shape index (κ1) is 25.2. The largest absolute Gasteiger partial charge is 0.395 e. The van der Waals surface area contributed by atoms with Gasteiger partial charge in [-0.15, -0.1) is 15.0 Å². The van der Waals surface area contributed by atoms with Gasteiger partial charge in [0.1, 0.15) is 29.9 Å². The molecule has 3 N–H and O–H groups in total. The molecule has 4 rings (SSSR count). The number of benzene rings is 2. The number of nitrogens with zero attached hydrogens (tertiary/aromatic N) is 8. The maximum Gasteiger partial charge on any atom is 0.173 e. The Bertz CT molecular complexity index is 1290. The first-order chi connectivity index (χ1) is 17.3. The highest BCUT2D eigenvalue weighted by molar-refractivity contribution is 7.80. The third kappa shape index (κ3) is 5.35. The molecule has 0 bridgehead atoms. The summed E-state index contributed by atoms with van der Waals surface area (Å²) in [5.74, 6) is -1.70. The number of tetrazole rings is 1. The number of anilines is 1. The molecule has 0 radical (unpaired) electrons. The number of halogens is 2. The van der Waals surface area contributed by atoms with Crippen molar-refractivity contribution in [1.82, 2.24) is 39.9 Å². The minimum Gasteiger partial charge on any atom is -0.395 e. The molecule has 14 heteroatoms. The second-order valence-electron chi connectivity index (χ2n) is 7.94. The fourth-order valence-corrected chi connectivity index (χ4v) is 4.21. The van der Waals surface area contributed by atoms with E-state index in [0.717, 1.165) is 6.07 Å². The molecule has 188 valence electrons. The lowest BCUT2D eigenvalue weighted by Gasteiger charge is -2.42. The molecule has 0 amide bonds. The summed E-state index contributed by atoms with van der Waals surface area (Å²) in [4.78, 5) is 6.75. The highest BCUT2D eigenvalue weighted by Gasteiger charge is 2.42. The fraction of sp³-hybridized carbons (Fsp3) is 0.273. The van der Waals surface area contributed by atoms with Crippen LogP contribution in [0.1, 0.15) is 12.5 Å². The molecular weight excluding hydrogens is 492 g/mol. The van der Waals surface area contributed by atoms with Gasteiger partial charge in [-0.05, 0) is 54.7 Å². The molecule has 0 saturated heterocycles. The maximum absolute atomic E-state index is 14.9. The average molecular weight is 516 g/mol. The van der Waals surface area contributed by atoms with Crippen LogP contribution in [0.15, 0.2) is 61.4 Å². The van der Waals surface area contributed by atoms with E-state index in [2.05, 4.69) is 30.8 Å². The third-order valence-corrected chi connectivity index (χ3v) is 6.06. The lowest BCUT2D eigenvalue weighted by Crippen LogP contribution is -2.55. The van der Waals surface area contributed by atoms with E-state index >= 15 is 0 Å². The minimum atomic E-state index is -1.94. The summed E-state index contributed by atoms with van der Waals surface area (Å²) < 4.78 is 29.9. The van der Waals surface area contributed by atoms with Gasteiger partial charge in [-0.1, -0.05) is 6.07 Å². The predicted octanol–water partition coefficient (Wildman–Crippen LogP) is 1.50. The number of aliphatic hydroxyl groups is 2. The lowest BCUT2D eigenvalue weighted by atomic mass is 9.85. The molecule has 2 aromatic heterocycles. The summed E-state index contributed by atoms with van der Waals surface area (Å²) in [6, 6.07) is 9.04. The van der Waals surface area contributed by atoms with Crippen molar-refractivity contribution >= 4 is 23.0 Å². The van der Waals surface area contributed by atoms with Gasteiger partial charge in [-0.3, -0.25) is 0 Å². The standard InChI is InChI=1S/C22H23F2N9O2S/c1-15(22(35,11-31-14-25-12-27-31)19-7-2-16(23)10-20(19)24)32(8-9-34)21(36)29-17-3-5-18(6-4-17)33-28-13-26-30-33/h2-7,10,12-15,34-35H,8-9,11H2,1H3,(H,29,36). The van der Waals surface area contributed by atoms with Crippen LogP contribution in [0.5, 0.6) is 0 Å². The monoisotopic (exact) mass is 515 g/mol. The molecule has 11 nitrogen and oxygen atoms in total. The van der Waals surface area contributed by atoms with Crippen LogP contribution in [0.2, 0.25) is 0 Å². The zero-order chi connectivity index (χ0) is 25.7. The summed E-state index contributed by atoms with van der Waals surface area (Å²) in [5, 5.41) is 40.3. The molecule has 0 fully saturated rings. The van der Waals surface area contributed by atoms with Crippen molar-refractivity contribution in [2.24, 2.45) is 0 Å². The van der Waals surface area contributed by atoms with Gasteiger partial charge in [-0.25, -0.2) is 18.4 Å². The van der Waals surface area contributed by atoms with Crippen molar-refractivity contribution in [3.63, 3.8) is 0 Å². The number of aliphatic hydroxyl groups excluding tert-OH is 1. The van der Waals surface area contributed by atoms with Gasteiger partial charge in [0.15, 0.2) is 11.4 Å². The zero-order valence-corrected chi connectivity index (χ0v) is 19.9. The molecule has 36 heavy (non-hydrogen) atoms. The van der Waals surface area contributed by atoms with Crippen molar-refractivity contribution in [3.8, 4) is 5.69 Å². The predicted molar refractivity (Wildman–Crippen MR) is 129 cm³/mol. The van der Waals surface area contributed by atoms with Crippen LogP contribution in [0.25, 0.3) is 5.69 Å². The van der Waals surface area contributed by atoms with E-state index in [1.807, 2.05) is 0 Å². The highest BCUT2D eigenvalue weighted by atomic mass is 32.1. The smallest absolute Gasteiger partial charge is 0.173 e. The first-order valence-corrected chi connectivity index (χ1v) is 11.2. The van der Waals surface area contributed by atoms with Crippen LogP contribution in [-0.2, 0) is 12.1 Å². The first-order valence-electron chi connectivity index (χ1n) is 10.8. The Morgan fingerprint density at radius 2 is 1.94 bits per heavy atom. The van der Waals surface area contributed by atoms with Crippen LogP contribution >= 0.6 is 12.2 Å². The molecule has 2 atom stereocenters. The fourth-order valence-electron chi connectivity index (χ4n) is 3.84. The molecule has 4 aromatic rings. The number of aromatic nitrogens is 7. The number of rotatable bonds is 9. The van der Waals surface area contributed by atoms with E-state index in [1.165, 1.54) is 39.4 Å². The van der Waals surface area contributed by atoms with E-state index in [0.29, 0.717) is 17.4 Å². The Morgan fingerprint density at radius 1 is 1.17 bits per heavy atom. The van der Waals surface area contributed by atoms with Crippen LogP contribution in [0, 0.1) is 11.6 Å². The SMILES string of the molecule is CC(N(CCO)C(=S)Nc1ccc(-n2ncnn2)cc1)C(O)(Cn1cncn1)c1ccc(F)cc1F. The number of thiocarbonyl (C=S) groups is 1. The van der Waals surface area contributed by atoms with E-state index in [4.69, 9.17) is 12.2 Å². The summed E-state index contributed by atoms with van der Waals surface area (Å²) >= 11 is 5.60. The summed E-state index contributed by atoms with van der Waals surface area (Å²) in [6.45, 7) is 1.15. The Morgan fingerprint density at radius 3 is 2.56 bits per heavy atom. The Kier molecular flexibility index (Phi) is 7.57. The Balaban J connectivity index is 1.62. The Labute approximate surface area is 210 Å². The molecule has 0 aliphatic rings. The molecule has 0 aliphatic carbocycles. The van der Waals surface area contributed by atoms with Crippen LogP contribution in [0.4, 0.5) is 14.5 Å². The van der Waals surface area contributed by atoms with E-state index in [1.54, 1.807) is 31.2 Å². The Hall–Kier alpha value is -3.88. The lowest BCUT2D eigenvalue weighted by molar-refractivity contribution is -0.0474. The van der Waals surface area contributed by atoms with Gasteiger partial charge in [0.2, 0.25) is 0 Å². The van der Waals surface area contributed by atoms with Crippen molar-refractivity contribution in [1.29, 1.82) is 0 Å². The second-order valence-corrected chi connectivity index (χ2v) is 8.32. The topological polar surface area (TPSA) is 130 Å². The van der Waals surface area contributed by atoms with Gasteiger partial charge in [-0.2, -0.15) is 5.10 Å². The zero-order valence-electron chi connectivity index (χ0n) is 19.1. The molecule has 2 aromatic carbocycles. The normalized spacial score (nSPS) is 13.7. The van der Waals surface area contributed by atoms with Crippen molar-refractivity contribution in [3.05, 3.63) is 78.6 Å². The molecule has 2 heterocycles. The molecule has 2 unspecified atom stereocenters. The third-order valence-electron chi connectivity index (χ3n) is 5.73. The van der Waals surface area contributed by atoms with Crippen LogP contribution in [0.3, 0.4) is 0 Å². The van der Waals surface area contributed by atoms with Gasteiger partial charge in [0.05, 0.1) is 24.9 Å². The summed E-state index contributed by atoms with van der Waals surface area (Å²) in [7, 11) is 0. The van der Waals surface area contributed by atoms with Gasteiger partial charge in [0.25, 0.3) is 0 Å². The second kappa shape index (κ2) is 10.8. The maximum atomic E-state index is 14.9. The molecule has 0 aliphatic heterocycles. The molecular formula is C22H23F2N9O2S. The van der Waals surface area contributed by atoms with E-state index < -0.39 is 23.3 Å².